The molecular weight excluding hydrogens is 519 g/mol. The molecule has 0 aliphatic carbocycles. The lowest BCUT2D eigenvalue weighted by molar-refractivity contribution is -0.137. The van der Waals surface area contributed by atoms with E-state index in [0.29, 0.717) is 17.5 Å². The van der Waals surface area contributed by atoms with Gasteiger partial charge in [0.2, 0.25) is 26.0 Å². The molecule has 1 amide bonds. The van der Waals surface area contributed by atoms with Gasteiger partial charge < -0.3 is 5.32 Å². The number of rotatable bonds is 10. The molecule has 1 aliphatic heterocycles. The van der Waals surface area contributed by atoms with Gasteiger partial charge in [0, 0.05) is 31.6 Å². The highest BCUT2D eigenvalue weighted by atomic mass is 32.2. The van der Waals surface area contributed by atoms with Crippen LogP contribution in [-0.2, 0) is 44.0 Å². The van der Waals surface area contributed by atoms with E-state index in [1.54, 1.807) is 12.1 Å². The van der Waals surface area contributed by atoms with Crippen LogP contribution < -0.4 is 10.0 Å². The lowest BCUT2D eigenvalue weighted by Gasteiger charge is -2.17. The number of nitrogens with zero attached hydrogens (tertiary/aromatic N) is 1. The van der Waals surface area contributed by atoms with Crippen LogP contribution in [0, 0.1) is 5.92 Å². The number of amides is 1. The van der Waals surface area contributed by atoms with E-state index in [4.69, 9.17) is 0 Å². The first-order chi connectivity index (χ1) is 16.8. The van der Waals surface area contributed by atoms with Crippen molar-refractivity contribution in [1.82, 2.24) is 14.3 Å². The highest BCUT2D eigenvalue weighted by Gasteiger charge is 2.33. The van der Waals surface area contributed by atoms with E-state index >= 15 is 0 Å². The van der Waals surface area contributed by atoms with Gasteiger partial charge in [0.05, 0.1) is 16.9 Å². The quantitative estimate of drug-likeness (QED) is 0.477. The SMILES string of the molecule is C=CS(=O)(=O)NC[C@H]1CCN(S(=O)(=O)c2ccc(CNC(=O)Cc3ccc(C(F)(F)F)cc3)cc2)C1. The normalized spacial score (nSPS) is 17.1. The van der Waals surface area contributed by atoms with Crippen LogP contribution in [-0.4, -0.2) is 46.7 Å². The van der Waals surface area contributed by atoms with E-state index in [-0.39, 0.29) is 49.3 Å². The molecule has 1 aliphatic rings. The predicted octanol–water partition coefficient (Wildman–Crippen LogP) is 2.64. The van der Waals surface area contributed by atoms with Gasteiger partial charge in [0.25, 0.3) is 0 Å². The minimum atomic E-state index is -4.44. The maximum atomic E-state index is 12.9. The Morgan fingerprint density at radius 1 is 1.03 bits per heavy atom. The maximum Gasteiger partial charge on any atom is 0.416 e. The maximum absolute atomic E-state index is 12.9. The topological polar surface area (TPSA) is 113 Å². The van der Waals surface area contributed by atoms with Crippen LogP contribution in [0.15, 0.2) is 65.4 Å². The van der Waals surface area contributed by atoms with Crippen molar-refractivity contribution >= 4 is 26.0 Å². The first kappa shape index (κ1) is 27.8. The van der Waals surface area contributed by atoms with Gasteiger partial charge in [-0.1, -0.05) is 30.8 Å². The Labute approximate surface area is 208 Å². The minimum Gasteiger partial charge on any atom is -0.352 e. The second kappa shape index (κ2) is 11.1. The molecule has 1 fully saturated rings. The zero-order chi connectivity index (χ0) is 26.6. The van der Waals surface area contributed by atoms with Crippen molar-refractivity contribution in [3.63, 3.8) is 0 Å². The van der Waals surface area contributed by atoms with Crippen molar-refractivity contribution in [2.45, 2.75) is 30.5 Å². The number of sulfonamides is 2. The van der Waals surface area contributed by atoms with Crippen LogP contribution in [0.2, 0.25) is 0 Å². The number of nitrogens with one attached hydrogen (secondary N) is 2. The zero-order valence-electron chi connectivity index (χ0n) is 19.2. The van der Waals surface area contributed by atoms with Crippen molar-refractivity contribution in [1.29, 1.82) is 0 Å². The summed E-state index contributed by atoms with van der Waals surface area (Å²) in [5, 5.41) is 3.46. The standard InChI is InChI=1S/C23H26F3N3O5S2/c1-2-35(31,32)28-15-19-11-12-29(16-19)36(33,34)21-9-5-18(6-10-21)14-27-22(30)13-17-3-7-20(8-4-17)23(24,25)26/h2-10,19,28H,1,11-16H2,(H,27,30)/t19-/m1/s1. The second-order valence-corrected chi connectivity index (χ2v) is 12.0. The molecule has 3 rings (SSSR count). The molecule has 0 radical (unpaired) electrons. The van der Waals surface area contributed by atoms with Gasteiger partial charge in [-0.3, -0.25) is 4.79 Å². The zero-order valence-corrected chi connectivity index (χ0v) is 20.8. The Kier molecular flexibility index (Phi) is 8.59. The Morgan fingerprint density at radius 2 is 1.64 bits per heavy atom. The van der Waals surface area contributed by atoms with E-state index in [1.165, 1.54) is 28.6 Å². The molecule has 36 heavy (non-hydrogen) atoms. The van der Waals surface area contributed by atoms with Crippen LogP contribution in [0.25, 0.3) is 0 Å². The smallest absolute Gasteiger partial charge is 0.352 e. The minimum absolute atomic E-state index is 0.0784. The Morgan fingerprint density at radius 3 is 2.22 bits per heavy atom. The van der Waals surface area contributed by atoms with Crippen LogP contribution in [0.1, 0.15) is 23.1 Å². The van der Waals surface area contributed by atoms with Gasteiger partial charge in [0.15, 0.2) is 0 Å². The summed E-state index contributed by atoms with van der Waals surface area (Å²) in [6.45, 7) is 3.91. The summed E-state index contributed by atoms with van der Waals surface area (Å²) in [7, 11) is -7.34. The van der Waals surface area contributed by atoms with Crippen LogP contribution in [0.4, 0.5) is 13.2 Å². The Bertz CT molecular complexity index is 1290. The number of hydrogen-bond acceptors (Lipinski definition) is 5. The fraction of sp³-hybridized carbons (Fsp3) is 0.348. The summed E-state index contributed by atoms with van der Waals surface area (Å²) in [5.74, 6) is -0.546. The van der Waals surface area contributed by atoms with Crippen molar-refractivity contribution in [3.05, 3.63) is 77.2 Å². The van der Waals surface area contributed by atoms with E-state index in [2.05, 4.69) is 16.6 Å². The van der Waals surface area contributed by atoms with Crippen LogP contribution >= 0.6 is 0 Å². The van der Waals surface area contributed by atoms with Crippen molar-refractivity contribution < 1.29 is 34.8 Å². The highest BCUT2D eigenvalue weighted by molar-refractivity contribution is 7.92. The van der Waals surface area contributed by atoms with Crippen molar-refractivity contribution in [2.75, 3.05) is 19.6 Å². The van der Waals surface area contributed by atoms with E-state index in [9.17, 15) is 34.8 Å². The third-order valence-electron chi connectivity index (χ3n) is 5.74. The predicted molar refractivity (Wildman–Crippen MR) is 127 cm³/mol. The molecule has 1 saturated heterocycles. The highest BCUT2D eigenvalue weighted by Crippen LogP contribution is 2.29. The average molecular weight is 546 g/mol. The number of alkyl halides is 3. The van der Waals surface area contributed by atoms with Crippen LogP contribution in [0.5, 0.6) is 0 Å². The molecule has 0 unspecified atom stereocenters. The Balaban J connectivity index is 1.51. The van der Waals surface area contributed by atoms with E-state index in [0.717, 1.165) is 17.5 Å². The fourth-order valence-electron chi connectivity index (χ4n) is 3.66. The van der Waals surface area contributed by atoms with Gasteiger partial charge in [0.1, 0.15) is 0 Å². The number of carbonyl (C=O) groups is 1. The van der Waals surface area contributed by atoms with E-state index < -0.39 is 31.8 Å². The second-order valence-electron chi connectivity index (χ2n) is 8.37. The van der Waals surface area contributed by atoms with Gasteiger partial charge in [-0.05, 0) is 47.7 Å². The molecule has 2 aromatic rings. The molecule has 0 saturated carbocycles. The summed E-state index contributed by atoms with van der Waals surface area (Å²) in [5.41, 5.74) is 0.291. The van der Waals surface area contributed by atoms with Gasteiger partial charge in [-0.25, -0.2) is 21.6 Å². The molecule has 8 nitrogen and oxygen atoms in total. The molecule has 2 aromatic carbocycles. The number of hydrogen-bond donors (Lipinski definition) is 2. The number of benzene rings is 2. The third kappa shape index (κ3) is 7.38. The summed E-state index contributed by atoms with van der Waals surface area (Å²) >= 11 is 0. The van der Waals surface area contributed by atoms with Crippen molar-refractivity contribution in [2.24, 2.45) is 5.92 Å². The molecule has 0 spiro atoms. The fourth-order valence-corrected chi connectivity index (χ4v) is 5.78. The van der Waals surface area contributed by atoms with Gasteiger partial charge in [-0.15, -0.1) is 0 Å². The van der Waals surface area contributed by atoms with Gasteiger partial charge >= 0.3 is 6.18 Å². The lowest BCUT2D eigenvalue weighted by atomic mass is 10.1. The van der Waals surface area contributed by atoms with E-state index in [1.807, 2.05) is 0 Å². The summed E-state index contributed by atoms with van der Waals surface area (Å²) in [6.07, 6.45) is -4.02. The van der Waals surface area contributed by atoms with Crippen LogP contribution in [0.3, 0.4) is 0 Å². The summed E-state index contributed by atoms with van der Waals surface area (Å²) in [6, 6.07) is 10.3. The molecule has 1 atom stereocenters. The first-order valence-electron chi connectivity index (χ1n) is 10.9. The summed E-state index contributed by atoms with van der Waals surface area (Å²) in [4.78, 5) is 12.2. The average Bonchev–Trinajstić information content (AvgIpc) is 3.32. The molecule has 0 bridgehead atoms. The largest absolute Gasteiger partial charge is 0.416 e. The number of carbonyl (C=O) groups excluding carboxylic acids is 1. The summed E-state index contributed by atoms with van der Waals surface area (Å²) < 4.78 is 90.4. The monoisotopic (exact) mass is 545 g/mol. The molecular formula is C23H26F3N3O5S2. The van der Waals surface area contributed by atoms with Crippen molar-refractivity contribution in [3.8, 4) is 0 Å². The molecule has 1 heterocycles. The molecule has 13 heteroatoms. The molecule has 196 valence electrons. The molecule has 0 aromatic heterocycles. The Hall–Kier alpha value is -2.74. The molecule has 2 N–H and O–H groups in total. The number of halogens is 3. The third-order valence-corrected chi connectivity index (χ3v) is 8.63. The first-order valence-corrected chi connectivity index (χ1v) is 13.9. The lowest BCUT2D eigenvalue weighted by Crippen LogP contribution is -2.32. The van der Waals surface area contributed by atoms with Gasteiger partial charge in [-0.2, -0.15) is 17.5 Å².